The van der Waals surface area contributed by atoms with Crippen molar-refractivity contribution in [3.63, 3.8) is 0 Å². The Morgan fingerprint density at radius 1 is 0.324 bits per heavy atom. The maximum atomic E-state index is 8.65. The fraction of sp³-hybridized carbons (Fsp3) is 0.0323. The predicted molar refractivity (Wildman–Crippen MR) is 285 cm³/mol. The first-order valence-electron chi connectivity index (χ1n) is 22.7. The van der Waals surface area contributed by atoms with Crippen molar-refractivity contribution in [1.82, 2.24) is 0 Å². The van der Waals surface area contributed by atoms with Gasteiger partial charge in [0.25, 0.3) is 0 Å². The maximum absolute atomic E-state index is 8.65. The van der Waals surface area contributed by atoms with Crippen LogP contribution in [0, 0.1) is 0 Å². The number of hydrogen-bond donors (Lipinski definition) is 2. The van der Waals surface area contributed by atoms with Crippen molar-refractivity contribution in [2.75, 3.05) is 0 Å². The summed E-state index contributed by atoms with van der Waals surface area (Å²) in [7, 11) is -1.43. The van der Waals surface area contributed by atoms with E-state index in [1.54, 1.807) is 18.2 Å². The molecule has 0 saturated carbocycles. The summed E-state index contributed by atoms with van der Waals surface area (Å²) < 4.78 is 1.17. The van der Waals surface area contributed by atoms with Gasteiger partial charge >= 0.3 is 7.12 Å². The maximum Gasteiger partial charge on any atom is 0.488 e. The van der Waals surface area contributed by atoms with Crippen LogP contribution in [0.25, 0.3) is 55.6 Å². The molecule has 0 bridgehead atoms. The first kappa shape index (κ1) is 42.6. The third kappa shape index (κ3) is 6.26. The molecule has 10 aromatic carbocycles. The molecule has 0 heterocycles. The number of benzene rings is 10. The largest absolute Gasteiger partial charge is 0.488 e. The molecule has 2 spiro atoms. The molecule has 4 aliphatic rings. The lowest BCUT2D eigenvalue weighted by Gasteiger charge is -2.30. The smallest absolute Gasteiger partial charge is 0.423 e. The monoisotopic (exact) mass is 976 g/mol. The first-order chi connectivity index (χ1) is 33.3. The van der Waals surface area contributed by atoms with Gasteiger partial charge in [0.1, 0.15) is 0 Å². The van der Waals surface area contributed by atoms with Crippen molar-refractivity contribution >= 4 is 51.7 Å². The van der Waals surface area contributed by atoms with Gasteiger partial charge in [0.15, 0.2) is 0 Å². The normalized spacial score (nSPS) is 13.6. The molecule has 0 fully saturated rings. The SMILES string of the molecule is Brc1cccc2c1-c1ccccc1C21c2ccccc2-c2ccccc21.Clc1cccc(-c2cccc3c2-c2ccccc2C32c3ccccc3-c3ccccc32)c1.OB(O)c1cccc(Cl)c1. The molecule has 14 rings (SSSR count). The highest BCUT2D eigenvalue weighted by molar-refractivity contribution is 9.10. The fourth-order valence-corrected chi connectivity index (χ4v) is 12.8. The zero-order valence-corrected chi connectivity index (χ0v) is 39.6. The van der Waals surface area contributed by atoms with E-state index in [0.717, 1.165) is 10.6 Å². The van der Waals surface area contributed by atoms with Crippen LogP contribution in [0.4, 0.5) is 0 Å². The van der Waals surface area contributed by atoms with Crippen molar-refractivity contribution in [3.05, 3.63) is 290 Å². The van der Waals surface area contributed by atoms with Gasteiger partial charge in [0, 0.05) is 20.1 Å². The quantitative estimate of drug-likeness (QED) is 0.170. The average Bonchev–Trinajstić information content (AvgIpc) is 4.06. The second-order valence-electron chi connectivity index (χ2n) is 17.6. The molecule has 10 aromatic rings. The molecule has 68 heavy (non-hydrogen) atoms. The molecule has 6 heteroatoms. The van der Waals surface area contributed by atoms with E-state index in [1.807, 2.05) is 12.1 Å². The number of fused-ring (bicyclic) bond motifs is 20. The van der Waals surface area contributed by atoms with Crippen LogP contribution in [0.1, 0.15) is 44.5 Å². The van der Waals surface area contributed by atoms with Gasteiger partial charge in [-0.25, -0.2) is 0 Å². The molecule has 0 radical (unpaired) electrons. The van der Waals surface area contributed by atoms with Gasteiger partial charge < -0.3 is 10.0 Å². The van der Waals surface area contributed by atoms with Crippen LogP contribution in [0.3, 0.4) is 0 Å². The molecule has 324 valence electrons. The molecule has 0 unspecified atom stereocenters. The summed E-state index contributed by atoms with van der Waals surface area (Å²) in [5.41, 5.74) is 24.0. The van der Waals surface area contributed by atoms with E-state index >= 15 is 0 Å². The molecule has 2 N–H and O–H groups in total. The van der Waals surface area contributed by atoms with Gasteiger partial charge in [0.05, 0.1) is 10.8 Å². The molecular formula is C62H40BBrCl2O2. The Hall–Kier alpha value is -6.76. The average molecular weight is 979 g/mol. The Bertz CT molecular complexity index is 3550. The Balaban J connectivity index is 0.000000119. The minimum Gasteiger partial charge on any atom is -0.423 e. The summed E-state index contributed by atoms with van der Waals surface area (Å²) in [6, 6.07) is 81.4. The van der Waals surface area contributed by atoms with E-state index in [2.05, 4.69) is 210 Å². The first-order valence-corrected chi connectivity index (χ1v) is 24.3. The number of halogens is 3. The second-order valence-corrected chi connectivity index (χ2v) is 19.3. The van der Waals surface area contributed by atoms with Gasteiger partial charge in [-0.05, 0) is 130 Å². The lowest BCUT2D eigenvalue weighted by molar-refractivity contribution is 0.426. The zero-order valence-electron chi connectivity index (χ0n) is 36.5. The van der Waals surface area contributed by atoms with E-state index < -0.39 is 7.12 Å². The summed E-state index contributed by atoms with van der Waals surface area (Å²) in [5.74, 6) is 0. The summed E-state index contributed by atoms with van der Waals surface area (Å²) in [6.07, 6.45) is 0. The lowest BCUT2D eigenvalue weighted by Crippen LogP contribution is -2.29. The van der Waals surface area contributed by atoms with Crippen LogP contribution in [0.5, 0.6) is 0 Å². The summed E-state index contributed by atoms with van der Waals surface area (Å²) in [4.78, 5) is 0. The third-order valence-electron chi connectivity index (χ3n) is 14.3. The second kappa shape index (κ2) is 16.8. The van der Waals surface area contributed by atoms with Crippen LogP contribution in [-0.4, -0.2) is 17.2 Å². The predicted octanol–water partition coefficient (Wildman–Crippen LogP) is 15.2. The Morgan fingerprint density at radius 2 is 0.662 bits per heavy atom. The summed E-state index contributed by atoms with van der Waals surface area (Å²) >= 11 is 15.8. The van der Waals surface area contributed by atoms with Gasteiger partial charge in [0.2, 0.25) is 0 Å². The van der Waals surface area contributed by atoms with Crippen LogP contribution in [-0.2, 0) is 10.8 Å². The molecule has 0 aromatic heterocycles. The summed E-state index contributed by atoms with van der Waals surface area (Å²) in [5, 5.41) is 18.6. The fourth-order valence-electron chi connectivity index (χ4n) is 11.8. The minimum absolute atomic E-state index is 0.219. The van der Waals surface area contributed by atoms with E-state index in [-0.39, 0.29) is 10.8 Å². The molecule has 2 nitrogen and oxygen atoms in total. The standard InChI is InChI=1S/C31H19Cl.C25H15Br.C6H6BClO2/c32-21-10-7-9-20(19-21)22-14-8-18-29-30(22)25-13-3-6-17-28(25)31(29)26-15-4-1-11-23(26)24-12-2-5-16-27(24)31;26-23-15-7-14-22-24(23)18-10-3-6-13-21(18)25(22)19-11-4-1-8-16(19)17-9-2-5-12-20(17)25;8-6-3-1-2-5(4-6)7(9)10/h1-19H;1-15H;1-4,9-10H. The highest BCUT2D eigenvalue weighted by Crippen LogP contribution is 2.65. The van der Waals surface area contributed by atoms with E-state index in [4.69, 9.17) is 33.2 Å². The van der Waals surface area contributed by atoms with Gasteiger partial charge in [-0.15, -0.1) is 0 Å². The third-order valence-corrected chi connectivity index (χ3v) is 15.4. The van der Waals surface area contributed by atoms with E-state index in [0.29, 0.717) is 10.5 Å². The van der Waals surface area contributed by atoms with Crippen molar-refractivity contribution in [2.45, 2.75) is 10.8 Å². The van der Waals surface area contributed by atoms with E-state index in [1.165, 1.54) is 105 Å². The Kier molecular flexibility index (Phi) is 10.5. The highest BCUT2D eigenvalue weighted by atomic mass is 79.9. The minimum atomic E-state index is -1.43. The van der Waals surface area contributed by atoms with Crippen molar-refractivity contribution in [3.8, 4) is 55.6 Å². The van der Waals surface area contributed by atoms with Crippen LogP contribution < -0.4 is 5.46 Å². The van der Waals surface area contributed by atoms with Gasteiger partial charge in [-0.1, -0.05) is 239 Å². The van der Waals surface area contributed by atoms with Crippen molar-refractivity contribution in [2.24, 2.45) is 0 Å². The van der Waals surface area contributed by atoms with Crippen LogP contribution in [0.15, 0.2) is 235 Å². The molecule has 0 atom stereocenters. The highest BCUT2D eigenvalue weighted by Gasteiger charge is 2.53. The molecular weight excluding hydrogens is 938 g/mol. The molecule has 0 amide bonds. The summed E-state index contributed by atoms with van der Waals surface area (Å²) in [6.45, 7) is 0. The van der Waals surface area contributed by atoms with Crippen molar-refractivity contribution in [1.29, 1.82) is 0 Å². The van der Waals surface area contributed by atoms with Gasteiger partial charge in [-0.3, -0.25) is 0 Å². The Morgan fingerprint density at radius 3 is 1.10 bits per heavy atom. The van der Waals surface area contributed by atoms with Crippen molar-refractivity contribution < 1.29 is 10.0 Å². The zero-order chi connectivity index (χ0) is 46.1. The lowest BCUT2D eigenvalue weighted by atomic mass is 9.70. The Labute approximate surface area is 415 Å². The van der Waals surface area contributed by atoms with E-state index in [9.17, 15) is 0 Å². The number of hydrogen-bond acceptors (Lipinski definition) is 2. The van der Waals surface area contributed by atoms with Gasteiger partial charge in [-0.2, -0.15) is 0 Å². The molecule has 0 aliphatic heterocycles. The number of rotatable bonds is 2. The molecule has 4 aliphatic carbocycles. The topological polar surface area (TPSA) is 40.5 Å². The van der Waals surface area contributed by atoms with Crippen LogP contribution in [0.2, 0.25) is 10.0 Å². The molecule has 0 saturated heterocycles. The van der Waals surface area contributed by atoms with Crippen LogP contribution >= 0.6 is 39.1 Å².